The molecule has 0 saturated heterocycles. The van der Waals surface area contributed by atoms with E-state index in [2.05, 4.69) is 14.8 Å². The van der Waals surface area contributed by atoms with Crippen LogP contribution in [0.25, 0.3) is 0 Å². The first-order valence-electron chi connectivity index (χ1n) is 7.72. The topological polar surface area (TPSA) is 86.1 Å². The number of fused-ring (bicyclic) bond motifs is 2. The van der Waals surface area contributed by atoms with Crippen LogP contribution < -0.4 is 9.46 Å². The number of sulfonamides is 1. The van der Waals surface area contributed by atoms with Gasteiger partial charge >= 0.3 is 0 Å². The Kier molecular flexibility index (Phi) is 3.38. The van der Waals surface area contributed by atoms with Crippen molar-refractivity contribution in [2.45, 2.75) is 49.8 Å². The van der Waals surface area contributed by atoms with Crippen LogP contribution in [0.2, 0.25) is 0 Å². The van der Waals surface area contributed by atoms with Gasteiger partial charge in [-0.15, -0.1) is 0 Å². The van der Waals surface area contributed by atoms with Crippen molar-refractivity contribution in [3.05, 3.63) is 35.9 Å². The fraction of sp³-hybridized carbons (Fsp3) is 0.467. The van der Waals surface area contributed by atoms with Crippen LogP contribution in [0.1, 0.15) is 37.2 Å². The second-order valence-electron chi connectivity index (χ2n) is 6.06. The van der Waals surface area contributed by atoms with Gasteiger partial charge in [-0.25, -0.2) is 22.8 Å². The monoisotopic (exact) mass is 334 g/mol. The van der Waals surface area contributed by atoms with Gasteiger partial charge in [0.05, 0.1) is 10.9 Å². The van der Waals surface area contributed by atoms with Gasteiger partial charge in [-0.1, -0.05) is 0 Å². The summed E-state index contributed by atoms with van der Waals surface area (Å²) < 4.78 is 35.6. The Balaban J connectivity index is 1.61. The Morgan fingerprint density at radius 3 is 3.13 bits per heavy atom. The van der Waals surface area contributed by atoms with Crippen LogP contribution in [0.5, 0.6) is 5.75 Å². The molecule has 23 heavy (non-hydrogen) atoms. The van der Waals surface area contributed by atoms with E-state index in [-0.39, 0.29) is 17.0 Å². The third-order valence-electron chi connectivity index (χ3n) is 4.30. The summed E-state index contributed by atoms with van der Waals surface area (Å²) in [5.74, 6) is 1.45. The van der Waals surface area contributed by atoms with Crippen LogP contribution in [0, 0.1) is 0 Å². The first-order chi connectivity index (χ1) is 11.0. The molecule has 4 rings (SSSR count). The van der Waals surface area contributed by atoms with Gasteiger partial charge < -0.3 is 4.74 Å². The van der Waals surface area contributed by atoms with E-state index >= 15 is 0 Å². The number of aromatic nitrogens is 3. The number of rotatable bonds is 3. The molecule has 8 heteroatoms. The Labute approximate surface area is 134 Å². The lowest BCUT2D eigenvalue weighted by atomic mass is 10.1. The zero-order valence-electron chi connectivity index (χ0n) is 12.8. The van der Waals surface area contributed by atoms with Crippen molar-refractivity contribution in [1.82, 2.24) is 19.5 Å². The molecule has 2 aliphatic heterocycles. The van der Waals surface area contributed by atoms with Crippen LogP contribution >= 0.6 is 0 Å². The Bertz CT molecular complexity index is 846. The SMILES string of the molecule is C[C@H]1Cc2cc(S(=O)(=O)N[C@H]3CCCn4ncnc43)ccc2O1. The third kappa shape index (κ3) is 2.61. The molecule has 1 N–H and O–H groups in total. The van der Waals surface area contributed by atoms with E-state index in [1.807, 2.05) is 6.92 Å². The highest BCUT2D eigenvalue weighted by Crippen LogP contribution is 2.31. The first kappa shape index (κ1) is 14.6. The first-order valence-corrected chi connectivity index (χ1v) is 9.21. The van der Waals surface area contributed by atoms with E-state index < -0.39 is 10.0 Å². The van der Waals surface area contributed by atoms with Crippen molar-refractivity contribution in [2.24, 2.45) is 0 Å². The van der Waals surface area contributed by atoms with Gasteiger partial charge in [0.2, 0.25) is 10.0 Å². The second-order valence-corrected chi connectivity index (χ2v) is 7.77. The number of aryl methyl sites for hydroxylation is 1. The molecule has 0 spiro atoms. The lowest BCUT2D eigenvalue weighted by Crippen LogP contribution is -2.33. The summed E-state index contributed by atoms with van der Waals surface area (Å²) in [6.07, 6.45) is 3.89. The molecule has 1 aromatic carbocycles. The number of nitrogens with one attached hydrogen (secondary N) is 1. The Morgan fingerprint density at radius 1 is 1.39 bits per heavy atom. The van der Waals surface area contributed by atoms with Crippen molar-refractivity contribution in [3.63, 3.8) is 0 Å². The summed E-state index contributed by atoms with van der Waals surface area (Å²) >= 11 is 0. The summed E-state index contributed by atoms with van der Waals surface area (Å²) in [6, 6.07) is 4.69. The summed E-state index contributed by atoms with van der Waals surface area (Å²) in [7, 11) is -3.61. The molecule has 0 saturated carbocycles. The van der Waals surface area contributed by atoms with Crippen molar-refractivity contribution in [2.75, 3.05) is 0 Å². The van der Waals surface area contributed by atoms with Crippen molar-refractivity contribution in [3.8, 4) is 5.75 Å². The Hall–Kier alpha value is -1.93. The lowest BCUT2D eigenvalue weighted by Gasteiger charge is -2.23. The maximum Gasteiger partial charge on any atom is 0.241 e. The molecule has 0 fully saturated rings. The molecule has 1 aromatic heterocycles. The summed E-state index contributed by atoms with van der Waals surface area (Å²) in [4.78, 5) is 4.46. The lowest BCUT2D eigenvalue weighted by molar-refractivity contribution is 0.254. The van der Waals surface area contributed by atoms with Crippen LogP contribution in [-0.2, 0) is 23.0 Å². The molecule has 2 atom stereocenters. The summed E-state index contributed by atoms with van der Waals surface area (Å²) in [5, 5.41) is 4.12. The molecule has 7 nitrogen and oxygen atoms in total. The molecule has 0 amide bonds. The number of hydrogen-bond acceptors (Lipinski definition) is 5. The zero-order valence-corrected chi connectivity index (χ0v) is 13.6. The average Bonchev–Trinajstić information content (AvgIpc) is 3.11. The fourth-order valence-corrected chi connectivity index (χ4v) is 4.50. The number of hydrogen-bond donors (Lipinski definition) is 1. The largest absolute Gasteiger partial charge is 0.490 e. The minimum Gasteiger partial charge on any atom is -0.490 e. The Morgan fingerprint density at radius 2 is 2.26 bits per heavy atom. The maximum atomic E-state index is 12.7. The van der Waals surface area contributed by atoms with E-state index in [1.54, 1.807) is 22.9 Å². The summed E-state index contributed by atoms with van der Waals surface area (Å²) in [6.45, 7) is 2.75. The fourth-order valence-electron chi connectivity index (χ4n) is 3.22. The molecule has 0 bridgehead atoms. The van der Waals surface area contributed by atoms with Crippen molar-refractivity contribution in [1.29, 1.82) is 0 Å². The van der Waals surface area contributed by atoms with Gasteiger partial charge in [-0.05, 0) is 43.5 Å². The van der Waals surface area contributed by atoms with E-state index in [0.717, 1.165) is 37.1 Å². The second kappa shape index (κ2) is 5.31. The molecular formula is C15H18N4O3S. The molecule has 2 aromatic rings. The van der Waals surface area contributed by atoms with Crippen LogP contribution in [0.15, 0.2) is 29.4 Å². The predicted octanol–water partition coefficient (Wildman–Crippen LogP) is 1.41. The minimum atomic E-state index is -3.61. The van der Waals surface area contributed by atoms with Crippen LogP contribution in [0.3, 0.4) is 0 Å². The predicted molar refractivity (Wildman–Crippen MR) is 82.6 cm³/mol. The van der Waals surface area contributed by atoms with Gasteiger partial charge in [-0.3, -0.25) is 0 Å². The zero-order chi connectivity index (χ0) is 16.0. The molecule has 2 aliphatic rings. The minimum absolute atomic E-state index is 0.0906. The summed E-state index contributed by atoms with van der Waals surface area (Å²) in [5.41, 5.74) is 0.937. The maximum absolute atomic E-state index is 12.7. The molecule has 0 aliphatic carbocycles. The molecular weight excluding hydrogens is 316 g/mol. The highest BCUT2D eigenvalue weighted by Gasteiger charge is 2.29. The number of ether oxygens (including phenoxy) is 1. The molecule has 0 unspecified atom stereocenters. The van der Waals surface area contributed by atoms with Crippen molar-refractivity contribution < 1.29 is 13.2 Å². The van der Waals surface area contributed by atoms with E-state index in [0.29, 0.717) is 5.82 Å². The number of benzene rings is 1. The van der Waals surface area contributed by atoms with E-state index in [1.165, 1.54) is 6.33 Å². The quantitative estimate of drug-likeness (QED) is 0.917. The van der Waals surface area contributed by atoms with Crippen molar-refractivity contribution >= 4 is 10.0 Å². The molecule has 0 radical (unpaired) electrons. The van der Waals surface area contributed by atoms with Crippen LogP contribution in [0.4, 0.5) is 0 Å². The van der Waals surface area contributed by atoms with Gasteiger partial charge in [0.15, 0.2) is 0 Å². The average molecular weight is 334 g/mol. The van der Waals surface area contributed by atoms with Gasteiger partial charge in [-0.2, -0.15) is 5.10 Å². The van der Waals surface area contributed by atoms with Gasteiger partial charge in [0.25, 0.3) is 0 Å². The number of nitrogens with zero attached hydrogens (tertiary/aromatic N) is 3. The standard InChI is InChI=1S/C15H18N4O3S/c1-10-7-11-8-12(4-5-14(11)22-10)23(20,21)18-13-3-2-6-19-15(13)16-9-17-19/h4-5,8-10,13,18H,2-3,6-7H2,1H3/t10-,13-/m0/s1. The third-order valence-corrected chi connectivity index (χ3v) is 5.76. The van der Waals surface area contributed by atoms with E-state index in [4.69, 9.17) is 4.74 Å². The van der Waals surface area contributed by atoms with E-state index in [9.17, 15) is 8.42 Å². The van der Waals surface area contributed by atoms with Gasteiger partial charge in [0, 0.05) is 13.0 Å². The van der Waals surface area contributed by atoms with Gasteiger partial charge in [0.1, 0.15) is 24.0 Å². The highest BCUT2D eigenvalue weighted by molar-refractivity contribution is 7.89. The molecule has 3 heterocycles. The van der Waals surface area contributed by atoms with Crippen LogP contribution in [-0.4, -0.2) is 29.3 Å². The molecule has 122 valence electrons. The normalized spacial score (nSPS) is 23.2. The smallest absolute Gasteiger partial charge is 0.241 e. The highest BCUT2D eigenvalue weighted by atomic mass is 32.2.